The van der Waals surface area contributed by atoms with Crippen molar-refractivity contribution in [2.45, 2.75) is 52.2 Å². The quantitative estimate of drug-likeness (QED) is 0.643. The smallest absolute Gasteiger partial charge is 0.399 e. The highest BCUT2D eigenvalue weighted by molar-refractivity contribution is 6.63. The minimum Gasteiger partial charge on any atom is -0.399 e. The molecule has 2 heterocycles. The Morgan fingerprint density at radius 3 is 2.46 bits per heavy atom. The first-order valence-electron chi connectivity index (χ1n) is 8.14. The predicted octanol–water partition coefficient (Wildman–Crippen LogP) is 2.72. The molecule has 1 aromatic heterocycles. The summed E-state index contributed by atoms with van der Waals surface area (Å²) in [5, 5.41) is 5.07. The first-order valence-corrected chi connectivity index (χ1v) is 8.14. The Morgan fingerprint density at radius 1 is 1.29 bits per heavy atom. The van der Waals surface area contributed by atoms with E-state index in [4.69, 9.17) is 9.31 Å². The number of benzene rings is 1. The third kappa shape index (κ3) is 2.60. The topological polar surface area (TPSA) is 53.4 Å². The largest absolute Gasteiger partial charge is 0.495 e. The first kappa shape index (κ1) is 16.9. The van der Waals surface area contributed by atoms with E-state index >= 15 is 0 Å². The van der Waals surface area contributed by atoms with Gasteiger partial charge in [-0.1, -0.05) is 12.1 Å². The molecule has 0 saturated carbocycles. The molecule has 3 rings (SSSR count). The maximum Gasteiger partial charge on any atom is 0.495 e. The summed E-state index contributed by atoms with van der Waals surface area (Å²) in [6, 6.07) is 3.98. The van der Waals surface area contributed by atoms with Crippen LogP contribution in [0.25, 0.3) is 10.9 Å². The zero-order valence-corrected chi connectivity index (χ0v) is 14.9. The summed E-state index contributed by atoms with van der Waals surface area (Å²) in [6.07, 6.45) is 4.20. The van der Waals surface area contributed by atoms with Gasteiger partial charge in [0.2, 0.25) is 5.91 Å². The molecule has 0 unspecified atom stereocenters. The van der Waals surface area contributed by atoms with Crippen molar-refractivity contribution in [3.8, 4) is 0 Å². The van der Waals surface area contributed by atoms with E-state index in [1.54, 1.807) is 6.20 Å². The van der Waals surface area contributed by atoms with Gasteiger partial charge in [0.05, 0.1) is 22.9 Å². The van der Waals surface area contributed by atoms with Crippen LogP contribution < -0.4 is 5.46 Å². The molecular weight excluding hydrogens is 303 g/mol. The second-order valence-electron chi connectivity index (χ2n) is 7.27. The van der Waals surface area contributed by atoms with Crippen molar-refractivity contribution in [1.29, 1.82) is 0 Å². The van der Waals surface area contributed by atoms with Gasteiger partial charge in [-0.05, 0) is 51.2 Å². The molecule has 24 heavy (non-hydrogen) atoms. The number of rotatable bonds is 3. The van der Waals surface area contributed by atoms with Gasteiger partial charge in [-0.15, -0.1) is 6.58 Å². The predicted molar refractivity (Wildman–Crippen MR) is 95.7 cm³/mol. The zero-order valence-electron chi connectivity index (χ0n) is 14.9. The maximum absolute atomic E-state index is 11.7. The summed E-state index contributed by atoms with van der Waals surface area (Å²) in [6.45, 7) is 13.5. The molecule has 1 saturated heterocycles. The molecule has 0 amide bonds. The van der Waals surface area contributed by atoms with Crippen LogP contribution in [0, 0.1) is 0 Å². The summed E-state index contributed by atoms with van der Waals surface area (Å²) in [4.78, 5) is 11.7. The van der Waals surface area contributed by atoms with Gasteiger partial charge in [0.1, 0.15) is 0 Å². The average molecular weight is 326 g/mol. The Balaban J connectivity index is 2.12. The highest BCUT2D eigenvalue weighted by atomic mass is 16.7. The van der Waals surface area contributed by atoms with Crippen LogP contribution in [0.5, 0.6) is 0 Å². The number of fused-ring (bicyclic) bond motifs is 1. The highest BCUT2D eigenvalue weighted by Crippen LogP contribution is 2.37. The van der Waals surface area contributed by atoms with E-state index in [1.807, 2.05) is 45.9 Å². The van der Waals surface area contributed by atoms with Crippen LogP contribution in [0.1, 0.15) is 45.0 Å². The van der Waals surface area contributed by atoms with Gasteiger partial charge in [0.15, 0.2) is 0 Å². The van der Waals surface area contributed by atoms with Gasteiger partial charge in [-0.2, -0.15) is 5.10 Å². The first-order chi connectivity index (χ1) is 11.2. The van der Waals surface area contributed by atoms with Crippen molar-refractivity contribution in [3.05, 3.63) is 36.5 Å². The zero-order chi connectivity index (χ0) is 17.7. The van der Waals surface area contributed by atoms with E-state index in [0.29, 0.717) is 6.42 Å². The summed E-state index contributed by atoms with van der Waals surface area (Å²) >= 11 is 0. The lowest BCUT2D eigenvalue weighted by molar-refractivity contribution is 0.00578. The van der Waals surface area contributed by atoms with Crippen LogP contribution in [-0.2, 0) is 15.7 Å². The van der Waals surface area contributed by atoms with Gasteiger partial charge in [-0.25, -0.2) is 4.68 Å². The fraction of sp³-hybridized carbons (Fsp3) is 0.444. The number of hydrogen-bond acceptors (Lipinski definition) is 4. The lowest BCUT2D eigenvalue weighted by Crippen LogP contribution is -2.41. The van der Waals surface area contributed by atoms with Gasteiger partial charge in [0, 0.05) is 12.3 Å². The van der Waals surface area contributed by atoms with Crippen molar-refractivity contribution in [2.24, 2.45) is 0 Å². The minimum atomic E-state index is -0.449. The Labute approximate surface area is 142 Å². The summed E-state index contributed by atoms with van der Waals surface area (Å²) < 4.78 is 13.8. The van der Waals surface area contributed by atoms with Crippen molar-refractivity contribution in [2.75, 3.05) is 0 Å². The van der Waals surface area contributed by atoms with Crippen LogP contribution >= 0.6 is 0 Å². The van der Waals surface area contributed by atoms with Crippen LogP contribution in [0.4, 0.5) is 0 Å². The minimum absolute atomic E-state index is 0.113. The monoisotopic (exact) mass is 326 g/mol. The number of hydrogen-bond donors (Lipinski definition) is 0. The van der Waals surface area contributed by atoms with Gasteiger partial charge in [-0.3, -0.25) is 4.79 Å². The van der Waals surface area contributed by atoms with E-state index < -0.39 is 18.3 Å². The summed E-state index contributed by atoms with van der Waals surface area (Å²) in [5.41, 5.74) is 1.98. The standard InChI is InChI=1S/C18H23BN2O3/c1-7-8-13-10-16-14(11-20-21(16)12(2)22)9-15(13)19-23-17(3,4)18(5,6)24-19/h7,9-11H,1,8H2,2-6H3. The third-order valence-corrected chi connectivity index (χ3v) is 5.00. The van der Waals surface area contributed by atoms with Gasteiger partial charge < -0.3 is 9.31 Å². The summed E-state index contributed by atoms with van der Waals surface area (Å²) in [5.74, 6) is -0.113. The van der Waals surface area contributed by atoms with E-state index in [0.717, 1.165) is 21.9 Å². The Hall–Kier alpha value is -1.92. The molecular formula is C18H23BN2O3. The molecule has 126 valence electrons. The molecule has 5 nitrogen and oxygen atoms in total. The molecule has 1 aliphatic heterocycles. The second-order valence-corrected chi connectivity index (χ2v) is 7.27. The van der Waals surface area contributed by atoms with Crippen LogP contribution in [0.2, 0.25) is 0 Å². The number of carbonyl (C=O) groups is 1. The lowest BCUT2D eigenvalue weighted by atomic mass is 9.74. The number of carbonyl (C=O) groups excluding carboxylic acids is 1. The van der Waals surface area contributed by atoms with E-state index in [9.17, 15) is 4.79 Å². The number of allylic oxidation sites excluding steroid dienone is 1. The van der Waals surface area contributed by atoms with Gasteiger partial charge in [0.25, 0.3) is 0 Å². The highest BCUT2D eigenvalue weighted by Gasteiger charge is 2.52. The normalized spacial score (nSPS) is 19.0. The fourth-order valence-electron chi connectivity index (χ4n) is 2.91. The molecule has 0 aliphatic carbocycles. The molecule has 1 aromatic carbocycles. The van der Waals surface area contributed by atoms with Crippen molar-refractivity contribution in [3.63, 3.8) is 0 Å². The van der Waals surface area contributed by atoms with Crippen LogP contribution in [-0.4, -0.2) is 34.0 Å². The third-order valence-electron chi connectivity index (χ3n) is 5.00. The SMILES string of the molecule is C=CCc1cc2c(cnn2C(C)=O)cc1B1OC(C)(C)C(C)(C)O1. The van der Waals surface area contributed by atoms with Crippen molar-refractivity contribution < 1.29 is 14.1 Å². The summed E-state index contributed by atoms with van der Waals surface area (Å²) in [7, 11) is -0.449. The fourth-order valence-corrected chi connectivity index (χ4v) is 2.91. The molecule has 6 heteroatoms. The molecule has 2 aromatic rings. The van der Waals surface area contributed by atoms with Crippen molar-refractivity contribution >= 4 is 29.4 Å². The Kier molecular flexibility index (Phi) is 3.93. The van der Waals surface area contributed by atoms with E-state index in [2.05, 4.69) is 11.7 Å². The van der Waals surface area contributed by atoms with E-state index in [-0.39, 0.29) is 5.91 Å². The molecule has 0 N–H and O–H groups in total. The Morgan fingerprint density at radius 2 is 1.92 bits per heavy atom. The average Bonchev–Trinajstić information content (AvgIpc) is 2.96. The second kappa shape index (κ2) is 5.57. The van der Waals surface area contributed by atoms with E-state index in [1.165, 1.54) is 11.6 Å². The lowest BCUT2D eigenvalue weighted by Gasteiger charge is -2.32. The molecule has 0 atom stereocenters. The Bertz CT molecular complexity index is 807. The molecule has 0 bridgehead atoms. The van der Waals surface area contributed by atoms with Crippen LogP contribution in [0.3, 0.4) is 0 Å². The van der Waals surface area contributed by atoms with Gasteiger partial charge >= 0.3 is 7.12 Å². The molecule has 0 spiro atoms. The maximum atomic E-state index is 11.7. The number of nitrogens with zero attached hydrogens (tertiary/aromatic N) is 2. The van der Waals surface area contributed by atoms with Crippen molar-refractivity contribution in [1.82, 2.24) is 9.78 Å². The molecule has 1 aliphatic rings. The number of aromatic nitrogens is 2. The molecule has 1 fully saturated rings. The molecule has 0 radical (unpaired) electrons. The van der Waals surface area contributed by atoms with Crippen LogP contribution in [0.15, 0.2) is 31.0 Å².